The van der Waals surface area contributed by atoms with E-state index in [-0.39, 0.29) is 0 Å². The number of alkyl halides is 1. The van der Waals surface area contributed by atoms with Crippen molar-refractivity contribution in [2.24, 2.45) is 0 Å². The van der Waals surface area contributed by atoms with Crippen molar-refractivity contribution in [3.05, 3.63) is 23.3 Å². The van der Waals surface area contributed by atoms with E-state index in [0.29, 0.717) is 12.3 Å². The molecule has 0 atom stereocenters. The SMILES string of the molecule is CCCCN(C)C(=O)CCCC/C(=C/C=C(\C)CI)CC. The molecule has 0 rings (SSSR count). The molecule has 2 nitrogen and oxygen atoms in total. The molecule has 0 saturated heterocycles. The lowest BCUT2D eigenvalue weighted by molar-refractivity contribution is -0.130. The van der Waals surface area contributed by atoms with Crippen molar-refractivity contribution in [2.75, 3.05) is 18.0 Å². The van der Waals surface area contributed by atoms with Gasteiger partial charge in [0.25, 0.3) is 0 Å². The van der Waals surface area contributed by atoms with Crippen LogP contribution >= 0.6 is 22.6 Å². The van der Waals surface area contributed by atoms with Gasteiger partial charge in [-0.25, -0.2) is 0 Å². The van der Waals surface area contributed by atoms with Crippen LogP contribution in [0.2, 0.25) is 0 Å². The molecule has 0 aliphatic rings. The van der Waals surface area contributed by atoms with Crippen molar-refractivity contribution in [3.8, 4) is 0 Å². The van der Waals surface area contributed by atoms with Gasteiger partial charge >= 0.3 is 0 Å². The van der Waals surface area contributed by atoms with Crippen LogP contribution in [0.4, 0.5) is 0 Å². The Morgan fingerprint density at radius 3 is 2.33 bits per heavy atom. The Balaban J connectivity index is 3.99. The zero-order chi connectivity index (χ0) is 16.1. The zero-order valence-electron chi connectivity index (χ0n) is 14.3. The number of unbranched alkanes of at least 4 members (excludes halogenated alkanes) is 2. The number of carbonyl (C=O) groups excluding carboxylic acids is 1. The smallest absolute Gasteiger partial charge is 0.222 e. The van der Waals surface area contributed by atoms with Crippen molar-refractivity contribution in [1.82, 2.24) is 4.90 Å². The fourth-order valence-electron chi connectivity index (χ4n) is 2.02. The number of rotatable bonds is 11. The first-order valence-electron chi connectivity index (χ1n) is 8.20. The van der Waals surface area contributed by atoms with Crippen molar-refractivity contribution < 1.29 is 4.79 Å². The second-order valence-electron chi connectivity index (χ2n) is 5.70. The van der Waals surface area contributed by atoms with Crippen LogP contribution in [0.3, 0.4) is 0 Å². The van der Waals surface area contributed by atoms with Gasteiger partial charge in [-0.05, 0) is 39.0 Å². The summed E-state index contributed by atoms with van der Waals surface area (Å²) in [7, 11) is 1.92. The van der Waals surface area contributed by atoms with Gasteiger partial charge in [-0.1, -0.05) is 66.2 Å². The molecule has 0 spiro atoms. The first-order chi connectivity index (χ1) is 10.0. The lowest BCUT2D eigenvalue weighted by atomic mass is 10.0. The standard InChI is InChI=1S/C18H32INO/c1-5-7-14-20(4)18(21)11-9-8-10-17(6-2)13-12-16(3)15-19/h12-13H,5-11,14-15H2,1-4H3/b16-12+,17-13+. The number of allylic oxidation sites excluding steroid dienone is 4. The maximum absolute atomic E-state index is 11.9. The van der Waals surface area contributed by atoms with Crippen LogP contribution in [-0.2, 0) is 4.79 Å². The molecule has 0 N–H and O–H groups in total. The van der Waals surface area contributed by atoms with Crippen LogP contribution in [0.15, 0.2) is 23.3 Å². The highest BCUT2D eigenvalue weighted by atomic mass is 127. The number of halogens is 1. The molecule has 0 heterocycles. The second-order valence-corrected chi connectivity index (χ2v) is 6.46. The summed E-state index contributed by atoms with van der Waals surface area (Å²) in [6.45, 7) is 7.44. The highest BCUT2D eigenvalue weighted by molar-refractivity contribution is 14.1. The predicted octanol–water partition coefficient (Wildman–Crippen LogP) is 5.52. The van der Waals surface area contributed by atoms with Crippen LogP contribution in [0.1, 0.15) is 65.7 Å². The molecular formula is C18H32INO. The van der Waals surface area contributed by atoms with Gasteiger partial charge in [-0.3, -0.25) is 4.79 Å². The molecule has 0 unspecified atom stereocenters. The fourth-order valence-corrected chi connectivity index (χ4v) is 2.28. The second kappa shape index (κ2) is 13.4. The van der Waals surface area contributed by atoms with Crippen LogP contribution < -0.4 is 0 Å². The third-order valence-corrected chi connectivity index (χ3v) is 4.88. The Labute approximate surface area is 145 Å². The molecule has 0 saturated carbocycles. The first-order valence-corrected chi connectivity index (χ1v) is 9.72. The molecule has 0 bridgehead atoms. The van der Waals surface area contributed by atoms with E-state index >= 15 is 0 Å². The summed E-state index contributed by atoms with van der Waals surface area (Å²) in [5.74, 6) is 0.297. The number of carbonyl (C=O) groups is 1. The van der Waals surface area contributed by atoms with E-state index in [4.69, 9.17) is 0 Å². The van der Waals surface area contributed by atoms with Crippen molar-refractivity contribution >= 4 is 28.5 Å². The van der Waals surface area contributed by atoms with E-state index in [1.165, 1.54) is 11.1 Å². The summed E-state index contributed by atoms with van der Waals surface area (Å²) in [5, 5.41) is 0. The summed E-state index contributed by atoms with van der Waals surface area (Å²) in [6.07, 6.45) is 11.8. The third kappa shape index (κ3) is 11.0. The van der Waals surface area contributed by atoms with Gasteiger partial charge in [-0.2, -0.15) is 0 Å². The highest BCUT2D eigenvalue weighted by Gasteiger charge is 2.07. The van der Waals surface area contributed by atoms with E-state index in [1.54, 1.807) is 0 Å². The van der Waals surface area contributed by atoms with E-state index in [9.17, 15) is 4.79 Å². The monoisotopic (exact) mass is 405 g/mol. The quantitative estimate of drug-likeness (QED) is 0.192. The average molecular weight is 405 g/mol. The van der Waals surface area contributed by atoms with Gasteiger partial charge in [0.2, 0.25) is 5.91 Å². The Morgan fingerprint density at radius 1 is 1.10 bits per heavy atom. The normalized spacial score (nSPS) is 12.6. The molecule has 0 aliphatic heterocycles. The largest absolute Gasteiger partial charge is 0.346 e. The van der Waals surface area contributed by atoms with Crippen LogP contribution in [0.25, 0.3) is 0 Å². The lowest BCUT2D eigenvalue weighted by Crippen LogP contribution is -2.27. The molecule has 1 amide bonds. The van der Waals surface area contributed by atoms with Crippen molar-refractivity contribution in [1.29, 1.82) is 0 Å². The molecule has 21 heavy (non-hydrogen) atoms. The molecule has 0 aromatic carbocycles. The van der Waals surface area contributed by atoms with Gasteiger partial charge in [0.15, 0.2) is 0 Å². The van der Waals surface area contributed by atoms with E-state index in [2.05, 4.69) is 55.5 Å². The molecule has 0 aliphatic carbocycles. The van der Waals surface area contributed by atoms with Gasteiger partial charge in [0.1, 0.15) is 0 Å². The molecule has 0 radical (unpaired) electrons. The summed E-state index contributed by atoms with van der Waals surface area (Å²) in [4.78, 5) is 13.8. The Morgan fingerprint density at radius 2 is 1.76 bits per heavy atom. The molecule has 0 aromatic rings. The van der Waals surface area contributed by atoms with Gasteiger partial charge in [0, 0.05) is 24.4 Å². The summed E-state index contributed by atoms with van der Waals surface area (Å²) >= 11 is 2.39. The third-order valence-electron chi connectivity index (χ3n) is 3.68. The summed E-state index contributed by atoms with van der Waals surface area (Å²) in [6, 6.07) is 0. The maximum Gasteiger partial charge on any atom is 0.222 e. The molecular weight excluding hydrogens is 373 g/mol. The Hall–Kier alpha value is -0.320. The van der Waals surface area contributed by atoms with E-state index in [1.807, 2.05) is 11.9 Å². The zero-order valence-corrected chi connectivity index (χ0v) is 16.4. The van der Waals surface area contributed by atoms with E-state index < -0.39 is 0 Å². The first kappa shape index (κ1) is 20.7. The summed E-state index contributed by atoms with van der Waals surface area (Å²) < 4.78 is 1.09. The lowest BCUT2D eigenvalue weighted by Gasteiger charge is -2.16. The topological polar surface area (TPSA) is 20.3 Å². The number of hydrogen-bond donors (Lipinski definition) is 0. The minimum atomic E-state index is 0.297. The van der Waals surface area contributed by atoms with Crippen LogP contribution in [0.5, 0.6) is 0 Å². The van der Waals surface area contributed by atoms with Crippen LogP contribution in [0, 0.1) is 0 Å². The number of nitrogens with zero attached hydrogens (tertiary/aromatic N) is 1. The van der Waals surface area contributed by atoms with E-state index in [0.717, 1.165) is 49.5 Å². The van der Waals surface area contributed by atoms with Crippen molar-refractivity contribution in [3.63, 3.8) is 0 Å². The van der Waals surface area contributed by atoms with Gasteiger partial charge < -0.3 is 4.90 Å². The summed E-state index contributed by atoms with van der Waals surface area (Å²) in [5.41, 5.74) is 2.90. The Bertz CT molecular complexity index is 347. The average Bonchev–Trinajstić information content (AvgIpc) is 2.50. The number of amides is 1. The highest BCUT2D eigenvalue weighted by Crippen LogP contribution is 2.14. The minimum Gasteiger partial charge on any atom is -0.346 e. The van der Waals surface area contributed by atoms with Crippen LogP contribution in [-0.4, -0.2) is 28.8 Å². The Kier molecular flexibility index (Phi) is 13.1. The van der Waals surface area contributed by atoms with Crippen molar-refractivity contribution in [2.45, 2.75) is 65.7 Å². The molecule has 3 heteroatoms. The minimum absolute atomic E-state index is 0.297. The molecule has 122 valence electrons. The predicted molar refractivity (Wildman–Crippen MR) is 102 cm³/mol. The van der Waals surface area contributed by atoms with Gasteiger partial charge in [-0.15, -0.1) is 0 Å². The van der Waals surface area contributed by atoms with Gasteiger partial charge in [0.05, 0.1) is 0 Å². The molecule has 0 aromatic heterocycles. The maximum atomic E-state index is 11.9. The molecule has 0 fully saturated rings. The fraction of sp³-hybridized carbons (Fsp3) is 0.722. The number of hydrogen-bond acceptors (Lipinski definition) is 1.